The number of esters is 1. The lowest BCUT2D eigenvalue weighted by atomic mass is 9.91. The highest BCUT2D eigenvalue weighted by atomic mass is 16.5. The van der Waals surface area contributed by atoms with Gasteiger partial charge < -0.3 is 15.0 Å². The van der Waals surface area contributed by atoms with Crippen molar-refractivity contribution in [3.63, 3.8) is 0 Å². The number of methoxy groups -OCH3 is 1. The maximum absolute atomic E-state index is 12.2. The van der Waals surface area contributed by atoms with Gasteiger partial charge in [0.05, 0.1) is 58.9 Å². The minimum Gasteiger partial charge on any atom is -0.465 e. The molecule has 5 rings (SSSR count). The van der Waals surface area contributed by atoms with Crippen LogP contribution in [0.3, 0.4) is 0 Å². The molecule has 0 amide bonds. The monoisotopic (exact) mass is 517 g/mol. The fourth-order valence-electron chi connectivity index (χ4n) is 4.45. The van der Waals surface area contributed by atoms with E-state index in [9.17, 15) is 15.3 Å². The van der Waals surface area contributed by atoms with Crippen LogP contribution >= 0.6 is 0 Å². The molecule has 0 fully saturated rings. The number of rotatable bonds is 4. The van der Waals surface area contributed by atoms with Crippen LogP contribution in [-0.2, 0) is 17.2 Å². The smallest absolute Gasteiger partial charge is 0.341 e. The van der Waals surface area contributed by atoms with Crippen molar-refractivity contribution < 1.29 is 9.53 Å². The number of pyridine rings is 3. The van der Waals surface area contributed by atoms with E-state index in [1.165, 1.54) is 7.11 Å². The van der Waals surface area contributed by atoms with Crippen molar-refractivity contribution in [2.45, 2.75) is 19.3 Å². The van der Waals surface area contributed by atoms with Crippen molar-refractivity contribution in [1.29, 1.82) is 10.5 Å². The van der Waals surface area contributed by atoms with E-state index in [1.807, 2.05) is 35.0 Å². The summed E-state index contributed by atoms with van der Waals surface area (Å²) in [6, 6.07) is 13.2. The Balaban J connectivity index is 1.81. The molecule has 0 atom stereocenters. The van der Waals surface area contributed by atoms with Gasteiger partial charge in [0.2, 0.25) is 11.8 Å². The summed E-state index contributed by atoms with van der Waals surface area (Å²) in [5.74, 6) is -0.500. The fraction of sp³-hybridized carbons (Fsp3) is 0.179. The normalized spacial score (nSPS) is 11.9. The Morgan fingerprint density at radius 1 is 1.05 bits per heavy atom. The van der Waals surface area contributed by atoms with Gasteiger partial charge in [-0.05, 0) is 49.7 Å². The molecule has 0 bridgehead atoms. The minimum absolute atomic E-state index is 0.0784. The third kappa shape index (κ3) is 4.12. The number of nitrogens with two attached hydrogens (primary N) is 1. The second-order valence-corrected chi connectivity index (χ2v) is 9.42. The summed E-state index contributed by atoms with van der Waals surface area (Å²) in [6.07, 6.45) is 6.86. The Labute approximate surface area is 223 Å². The van der Waals surface area contributed by atoms with Crippen molar-refractivity contribution in [1.82, 2.24) is 24.1 Å². The van der Waals surface area contributed by atoms with Gasteiger partial charge in [-0.15, -0.1) is 4.99 Å². The first-order valence-electron chi connectivity index (χ1n) is 11.9. The van der Waals surface area contributed by atoms with Crippen molar-refractivity contribution in [3.05, 3.63) is 71.9 Å². The topological polar surface area (TPSA) is 161 Å². The molecule has 0 unspecified atom stereocenters. The summed E-state index contributed by atoms with van der Waals surface area (Å²) in [7, 11) is 3.09. The van der Waals surface area contributed by atoms with E-state index < -0.39 is 11.4 Å². The van der Waals surface area contributed by atoms with E-state index in [4.69, 9.17) is 10.5 Å². The largest absolute Gasteiger partial charge is 0.465 e. The maximum atomic E-state index is 12.2. The first kappa shape index (κ1) is 25.1. The second-order valence-electron chi connectivity index (χ2n) is 9.42. The van der Waals surface area contributed by atoms with Gasteiger partial charge in [-0.3, -0.25) is 14.5 Å². The van der Waals surface area contributed by atoms with Crippen molar-refractivity contribution in [3.8, 4) is 29.1 Å². The molecule has 0 saturated carbocycles. The summed E-state index contributed by atoms with van der Waals surface area (Å²) < 4.78 is 8.46. The second kappa shape index (κ2) is 9.39. The highest BCUT2D eigenvalue weighted by Crippen LogP contribution is 2.31. The number of benzene rings is 1. The van der Waals surface area contributed by atoms with Gasteiger partial charge >= 0.3 is 5.97 Å². The van der Waals surface area contributed by atoms with Crippen LogP contribution in [0.15, 0.2) is 60.0 Å². The van der Waals surface area contributed by atoms with Gasteiger partial charge in [0.1, 0.15) is 11.4 Å². The number of carbonyl (C=O) groups excluding carboxylic acids is 1. The van der Waals surface area contributed by atoms with Gasteiger partial charge in [-0.2, -0.15) is 10.5 Å². The number of anilines is 1. The molecule has 0 radical (unpaired) electrons. The van der Waals surface area contributed by atoms with Crippen LogP contribution in [0.4, 0.5) is 5.82 Å². The Morgan fingerprint density at radius 3 is 2.51 bits per heavy atom. The molecule has 0 aliphatic heterocycles. The molecule has 1 aromatic carbocycles. The number of aryl methyl sites for hydroxylation is 1. The van der Waals surface area contributed by atoms with Gasteiger partial charge in [0.15, 0.2) is 0 Å². The van der Waals surface area contributed by atoms with Crippen molar-refractivity contribution >= 4 is 33.7 Å². The zero-order valence-electron chi connectivity index (χ0n) is 21.7. The third-order valence-corrected chi connectivity index (χ3v) is 6.64. The first-order valence-corrected chi connectivity index (χ1v) is 11.9. The Bertz CT molecular complexity index is 1940. The highest BCUT2D eigenvalue weighted by molar-refractivity contribution is 6.05. The number of hydrogen-bond acceptors (Lipinski definition) is 9. The van der Waals surface area contributed by atoms with E-state index in [0.29, 0.717) is 28.1 Å². The number of aromatic nitrogens is 5. The lowest BCUT2D eigenvalue weighted by molar-refractivity contribution is 0.0601. The highest BCUT2D eigenvalue weighted by Gasteiger charge is 2.22. The molecule has 5 aromatic rings. The molecule has 4 heterocycles. The average molecular weight is 518 g/mol. The zero-order chi connectivity index (χ0) is 27.9. The molecular weight excluding hydrogens is 494 g/mol. The molecule has 4 aromatic heterocycles. The molecule has 11 heteroatoms. The van der Waals surface area contributed by atoms with E-state index in [1.54, 1.807) is 56.2 Å². The summed E-state index contributed by atoms with van der Waals surface area (Å²) in [4.78, 5) is 29.6. The van der Waals surface area contributed by atoms with Crippen LogP contribution in [0.1, 0.15) is 29.9 Å². The summed E-state index contributed by atoms with van der Waals surface area (Å²) in [5.41, 5.74) is 10.6. The average Bonchev–Trinajstić information content (AvgIpc) is 3.24. The molecule has 0 spiro atoms. The number of hydrogen-bond donors (Lipinski definition) is 1. The number of nitriles is 2. The SMILES string of the molecule is COC(=O)c1cc(-c2ccc3ncc4c(c3c2)n(-c2ccc(C(C)(C)C#N)nc2)/c(=N\C#N)n4C)cnc1N. The molecule has 2 N–H and O–H groups in total. The predicted octanol–water partition coefficient (Wildman–Crippen LogP) is 3.53. The van der Waals surface area contributed by atoms with E-state index >= 15 is 0 Å². The molecule has 0 aliphatic rings. The number of nitrogen functional groups attached to an aromatic ring is 1. The number of imidazole rings is 1. The lowest BCUT2D eigenvalue weighted by Crippen LogP contribution is -2.23. The zero-order valence-corrected chi connectivity index (χ0v) is 21.7. The van der Waals surface area contributed by atoms with Gasteiger partial charge in [0.25, 0.3) is 0 Å². The van der Waals surface area contributed by atoms with Gasteiger partial charge in [0, 0.05) is 24.2 Å². The van der Waals surface area contributed by atoms with Gasteiger partial charge in [-0.1, -0.05) is 6.07 Å². The minimum atomic E-state index is -0.760. The first-order chi connectivity index (χ1) is 18.7. The number of ether oxygens (including phenoxy) is 1. The molecule has 39 heavy (non-hydrogen) atoms. The van der Waals surface area contributed by atoms with Crippen molar-refractivity contribution in [2.24, 2.45) is 12.0 Å². The predicted molar refractivity (Wildman–Crippen MR) is 144 cm³/mol. The summed E-state index contributed by atoms with van der Waals surface area (Å²) in [5, 5.41) is 19.8. The number of nitrogens with zero attached hydrogens (tertiary/aromatic N) is 8. The van der Waals surface area contributed by atoms with E-state index in [-0.39, 0.29) is 11.4 Å². The van der Waals surface area contributed by atoms with Crippen LogP contribution in [0.5, 0.6) is 0 Å². The van der Waals surface area contributed by atoms with Crippen LogP contribution in [0, 0.1) is 22.8 Å². The van der Waals surface area contributed by atoms with Crippen LogP contribution in [0.25, 0.3) is 38.8 Å². The third-order valence-electron chi connectivity index (χ3n) is 6.64. The van der Waals surface area contributed by atoms with E-state index in [2.05, 4.69) is 26.0 Å². The maximum Gasteiger partial charge on any atom is 0.341 e. The molecule has 0 saturated heterocycles. The van der Waals surface area contributed by atoms with E-state index in [0.717, 1.165) is 22.0 Å². The van der Waals surface area contributed by atoms with Gasteiger partial charge in [-0.25, -0.2) is 9.78 Å². The van der Waals surface area contributed by atoms with Crippen LogP contribution in [0.2, 0.25) is 0 Å². The number of carbonyl (C=O) groups is 1. The van der Waals surface area contributed by atoms with Crippen LogP contribution < -0.4 is 11.4 Å². The van der Waals surface area contributed by atoms with Crippen molar-refractivity contribution in [2.75, 3.05) is 12.8 Å². The Hall–Kier alpha value is -5.55. The quantitative estimate of drug-likeness (QED) is 0.280. The lowest BCUT2D eigenvalue weighted by Gasteiger charge is -2.15. The standard InChI is InChI=1S/C28H23N9O2/c1-28(2,14-29)23-8-6-18(12-33-23)37-24-19-9-16(17-10-20(26(38)39-4)25(31)34-11-17)5-7-21(19)32-13-22(24)36(3)27(37)35-15-30/h5-13H,1-4H3,(H2,31,34)/b35-27-. The summed E-state index contributed by atoms with van der Waals surface area (Å²) >= 11 is 0. The molecule has 11 nitrogen and oxygen atoms in total. The fourth-order valence-corrected chi connectivity index (χ4v) is 4.45. The molecular formula is C28H23N9O2. The molecule has 0 aliphatic carbocycles. The summed E-state index contributed by atoms with van der Waals surface area (Å²) in [6.45, 7) is 3.60. The number of fused-ring (bicyclic) bond motifs is 3. The Morgan fingerprint density at radius 2 is 1.85 bits per heavy atom. The molecule has 192 valence electrons. The van der Waals surface area contributed by atoms with Crippen LogP contribution in [-0.4, -0.2) is 37.2 Å². The Kier molecular flexibility index (Phi) is 6.05.